The minimum absolute atomic E-state index is 0.0324. The maximum atomic E-state index is 11.9. The van der Waals surface area contributed by atoms with E-state index in [2.05, 4.69) is 9.72 Å². The normalized spacial score (nSPS) is 11.5. The maximum Gasteiger partial charge on any atom is 0.574 e. The number of rotatable bonds is 2. The monoisotopic (exact) mass is 222 g/mol. The summed E-state index contributed by atoms with van der Waals surface area (Å²) in [4.78, 5) is 3.42. The van der Waals surface area contributed by atoms with Crippen LogP contribution in [-0.2, 0) is 6.54 Å². The Kier molecular flexibility index (Phi) is 3.04. The molecule has 0 saturated heterocycles. The Balaban J connectivity index is 3.11. The predicted octanol–water partition coefficient (Wildman–Crippen LogP) is 1.45. The molecule has 0 bridgehead atoms. The van der Waals surface area contributed by atoms with E-state index in [0.717, 1.165) is 0 Å². The standard InChI is InChI=1S/C8H9F3N2O2/c1-4-2-5(3-12)13-7(6(4)14)15-8(9,10)11/h2,14H,3,12H2,1H3. The number of aromatic nitrogens is 1. The van der Waals surface area contributed by atoms with Crippen molar-refractivity contribution in [3.63, 3.8) is 0 Å². The number of nitrogens with zero attached hydrogens (tertiary/aromatic N) is 1. The average Bonchev–Trinajstić information content (AvgIpc) is 2.10. The van der Waals surface area contributed by atoms with Gasteiger partial charge >= 0.3 is 6.36 Å². The van der Waals surface area contributed by atoms with Crippen molar-refractivity contribution in [3.8, 4) is 11.6 Å². The van der Waals surface area contributed by atoms with Gasteiger partial charge in [0.2, 0.25) is 0 Å². The molecule has 7 heteroatoms. The minimum atomic E-state index is -4.88. The summed E-state index contributed by atoms with van der Waals surface area (Å²) < 4.78 is 39.2. The summed E-state index contributed by atoms with van der Waals surface area (Å²) in [6, 6.07) is 1.39. The molecule has 0 aliphatic rings. The third-order valence-corrected chi connectivity index (χ3v) is 1.63. The van der Waals surface area contributed by atoms with Crippen molar-refractivity contribution >= 4 is 0 Å². The molecule has 84 valence electrons. The first-order valence-electron chi connectivity index (χ1n) is 3.99. The lowest BCUT2D eigenvalue weighted by Crippen LogP contribution is -2.18. The minimum Gasteiger partial charge on any atom is -0.503 e. The smallest absolute Gasteiger partial charge is 0.503 e. The molecular weight excluding hydrogens is 213 g/mol. The number of halogens is 3. The summed E-state index contributed by atoms with van der Waals surface area (Å²) >= 11 is 0. The van der Waals surface area contributed by atoms with E-state index in [-0.39, 0.29) is 17.8 Å². The lowest BCUT2D eigenvalue weighted by atomic mass is 10.2. The van der Waals surface area contributed by atoms with Crippen LogP contribution in [0.1, 0.15) is 11.3 Å². The molecule has 3 N–H and O–H groups in total. The zero-order valence-electron chi connectivity index (χ0n) is 7.80. The first kappa shape index (κ1) is 11.6. The summed E-state index contributed by atoms with van der Waals surface area (Å²) in [5, 5.41) is 9.25. The summed E-state index contributed by atoms with van der Waals surface area (Å²) in [6.45, 7) is 1.40. The number of nitrogens with two attached hydrogens (primary N) is 1. The molecule has 0 aliphatic heterocycles. The topological polar surface area (TPSA) is 68.4 Å². The predicted molar refractivity (Wildman–Crippen MR) is 45.2 cm³/mol. The fourth-order valence-electron chi connectivity index (χ4n) is 0.988. The van der Waals surface area contributed by atoms with Crippen molar-refractivity contribution in [2.24, 2.45) is 5.73 Å². The second-order valence-corrected chi connectivity index (χ2v) is 2.84. The van der Waals surface area contributed by atoms with Crippen LogP contribution < -0.4 is 10.5 Å². The highest BCUT2D eigenvalue weighted by molar-refractivity contribution is 5.41. The molecule has 0 saturated carbocycles. The van der Waals surface area contributed by atoms with Crippen LogP contribution >= 0.6 is 0 Å². The summed E-state index contributed by atoms with van der Waals surface area (Å²) in [7, 11) is 0. The molecule has 4 nitrogen and oxygen atoms in total. The number of aromatic hydroxyl groups is 1. The van der Waals surface area contributed by atoms with Crippen LogP contribution in [0.3, 0.4) is 0 Å². The van der Waals surface area contributed by atoms with E-state index in [9.17, 15) is 18.3 Å². The Morgan fingerprint density at radius 3 is 2.60 bits per heavy atom. The van der Waals surface area contributed by atoms with Gasteiger partial charge in [0, 0.05) is 6.54 Å². The van der Waals surface area contributed by atoms with Crippen LogP contribution in [0.15, 0.2) is 6.07 Å². The van der Waals surface area contributed by atoms with Crippen LogP contribution in [0.2, 0.25) is 0 Å². The second kappa shape index (κ2) is 3.93. The third kappa shape index (κ3) is 2.98. The highest BCUT2D eigenvalue weighted by Gasteiger charge is 2.33. The first-order valence-corrected chi connectivity index (χ1v) is 3.99. The van der Waals surface area contributed by atoms with Gasteiger partial charge in [0.25, 0.3) is 5.88 Å². The molecule has 1 aromatic rings. The molecule has 0 unspecified atom stereocenters. The zero-order valence-corrected chi connectivity index (χ0v) is 7.80. The molecule has 0 fully saturated rings. The van der Waals surface area contributed by atoms with Crippen molar-refractivity contribution in [3.05, 3.63) is 17.3 Å². The van der Waals surface area contributed by atoms with Gasteiger partial charge in [-0.1, -0.05) is 0 Å². The number of aryl methyl sites for hydroxylation is 1. The first-order chi connectivity index (χ1) is 6.83. The molecule has 15 heavy (non-hydrogen) atoms. The van der Waals surface area contributed by atoms with Crippen LogP contribution in [0.25, 0.3) is 0 Å². The van der Waals surface area contributed by atoms with Gasteiger partial charge in [-0.3, -0.25) is 0 Å². The van der Waals surface area contributed by atoms with Gasteiger partial charge in [0.1, 0.15) is 0 Å². The Morgan fingerprint density at radius 2 is 2.13 bits per heavy atom. The van der Waals surface area contributed by atoms with E-state index >= 15 is 0 Å². The number of pyridine rings is 1. The zero-order chi connectivity index (χ0) is 11.6. The third-order valence-electron chi connectivity index (χ3n) is 1.63. The molecule has 0 aliphatic carbocycles. The van der Waals surface area contributed by atoms with E-state index in [1.54, 1.807) is 0 Å². The van der Waals surface area contributed by atoms with E-state index in [1.807, 2.05) is 0 Å². The lowest BCUT2D eigenvalue weighted by Gasteiger charge is -2.11. The van der Waals surface area contributed by atoms with Crippen molar-refractivity contribution in [2.45, 2.75) is 19.8 Å². The van der Waals surface area contributed by atoms with Crippen molar-refractivity contribution in [1.29, 1.82) is 0 Å². The van der Waals surface area contributed by atoms with E-state index in [4.69, 9.17) is 5.73 Å². The van der Waals surface area contributed by atoms with Gasteiger partial charge in [-0.05, 0) is 18.6 Å². The molecule has 0 amide bonds. The van der Waals surface area contributed by atoms with Gasteiger partial charge in [0.15, 0.2) is 5.75 Å². The fraction of sp³-hybridized carbons (Fsp3) is 0.375. The Bertz CT molecular complexity index is 366. The van der Waals surface area contributed by atoms with Gasteiger partial charge in [-0.25, -0.2) is 4.98 Å². The van der Waals surface area contributed by atoms with Gasteiger partial charge < -0.3 is 15.6 Å². The molecule has 1 rings (SSSR count). The van der Waals surface area contributed by atoms with E-state index in [1.165, 1.54) is 13.0 Å². The molecule has 0 atom stereocenters. The van der Waals surface area contributed by atoms with Crippen LogP contribution in [0, 0.1) is 6.92 Å². The number of ether oxygens (including phenoxy) is 1. The van der Waals surface area contributed by atoms with Crippen molar-refractivity contribution in [2.75, 3.05) is 0 Å². The molecule has 1 heterocycles. The van der Waals surface area contributed by atoms with E-state index < -0.39 is 18.0 Å². The number of hydrogen-bond donors (Lipinski definition) is 2. The van der Waals surface area contributed by atoms with Crippen LogP contribution in [0.5, 0.6) is 11.6 Å². The van der Waals surface area contributed by atoms with Gasteiger partial charge in [-0.2, -0.15) is 0 Å². The molecular formula is C8H9F3N2O2. The lowest BCUT2D eigenvalue weighted by molar-refractivity contribution is -0.276. The van der Waals surface area contributed by atoms with Crippen LogP contribution in [0.4, 0.5) is 13.2 Å². The molecule has 1 aromatic heterocycles. The van der Waals surface area contributed by atoms with Gasteiger partial charge in [0.05, 0.1) is 5.69 Å². The summed E-state index contributed by atoms with van der Waals surface area (Å²) in [6.07, 6.45) is -4.88. The molecule has 0 radical (unpaired) electrons. The molecule has 0 spiro atoms. The molecule has 0 aromatic carbocycles. The van der Waals surface area contributed by atoms with Crippen molar-refractivity contribution < 1.29 is 23.0 Å². The summed E-state index contributed by atoms with van der Waals surface area (Å²) in [5.41, 5.74) is 5.66. The Labute approximate surface area is 83.5 Å². The average molecular weight is 222 g/mol. The van der Waals surface area contributed by atoms with E-state index in [0.29, 0.717) is 0 Å². The highest BCUT2D eigenvalue weighted by atomic mass is 19.4. The maximum absolute atomic E-state index is 11.9. The number of hydrogen-bond acceptors (Lipinski definition) is 4. The fourth-order valence-corrected chi connectivity index (χ4v) is 0.988. The van der Waals surface area contributed by atoms with Crippen LogP contribution in [-0.4, -0.2) is 16.5 Å². The SMILES string of the molecule is Cc1cc(CN)nc(OC(F)(F)F)c1O. The Morgan fingerprint density at radius 1 is 1.53 bits per heavy atom. The number of alkyl halides is 3. The second-order valence-electron chi connectivity index (χ2n) is 2.84. The van der Waals surface area contributed by atoms with Crippen molar-refractivity contribution in [1.82, 2.24) is 4.98 Å². The highest BCUT2D eigenvalue weighted by Crippen LogP contribution is 2.32. The largest absolute Gasteiger partial charge is 0.574 e. The summed E-state index contributed by atoms with van der Waals surface area (Å²) in [5.74, 6) is -1.51. The quantitative estimate of drug-likeness (QED) is 0.794. The Hall–Kier alpha value is -1.50. The van der Waals surface area contributed by atoms with Gasteiger partial charge in [-0.15, -0.1) is 13.2 Å².